The van der Waals surface area contributed by atoms with Gasteiger partial charge in [0.1, 0.15) is 10.7 Å². The third-order valence-corrected chi connectivity index (χ3v) is 4.23. The molecule has 0 atom stereocenters. The molecular weight excluding hydrogens is 297 g/mol. The highest BCUT2D eigenvalue weighted by Gasteiger charge is 2.21. The van der Waals surface area contributed by atoms with E-state index in [1.165, 1.54) is 25.4 Å². The Bertz CT molecular complexity index is 713. The lowest BCUT2D eigenvalue weighted by molar-refractivity contribution is 0.397. The van der Waals surface area contributed by atoms with Crippen LogP contribution in [-0.4, -0.2) is 20.5 Å². The number of sulfonamides is 1. The normalized spacial score (nSPS) is 11.3. The first-order valence-corrected chi connectivity index (χ1v) is 7.45. The number of hydrogen-bond donors (Lipinski definition) is 2. The topological polar surface area (TPSA) is 94.3 Å². The molecule has 8 heteroatoms. The van der Waals surface area contributed by atoms with Gasteiger partial charge in [0.15, 0.2) is 0 Å². The Labute approximate surface area is 121 Å². The number of nitrogens with two attached hydrogens (primary N) is 1. The van der Waals surface area contributed by atoms with Gasteiger partial charge in [0.05, 0.1) is 12.8 Å². The fourth-order valence-electron chi connectivity index (χ4n) is 1.70. The molecule has 0 aliphatic rings. The first-order valence-electron chi connectivity index (χ1n) is 5.96. The number of halogens is 1. The highest BCUT2D eigenvalue weighted by Crippen LogP contribution is 2.21. The van der Waals surface area contributed by atoms with Crippen LogP contribution in [0.1, 0.15) is 5.56 Å². The summed E-state index contributed by atoms with van der Waals surface area (Å²) >= 11 is 0. The maximum atomic E-state index is 13.6. The lowest BCUT2D eigenvalue weighted by Gasteiger charge is -2.10. The molecule has 0 fully saturated rings. The highest BCUT2D eigenvalue weighted by atomic mass is 32.2. The second kappa shape index (κ2) is 6.06. The summed E-state index contributed by atoms with van der Waals surface area (Å²) in [6.45, 7) is -0.0346. The highest BCUT2D eigenvalue weighted by molar-refractivity contribution is 7.89. The van der Waals surface area contributed by atoms with E-state index in [0.717, 1.165) is 6.07 Å². The molecule has 6 nitrogen and oxygen atoms in total. The van der Waals surface area contributed by atoms with E-state index in [1.54, 1.807) is 12.1 Å². The average molecular weight is 311 g/mol. The van der Waals surface area contributed by atoms with Crippen LogP contribution in [0.2, 0.25) is 0 Å². The molecule has 1 heterocycles. The minimum Gasteiger partial charge on any atom is -0.481 e. The van der Waals surface area contributed by atoms with Crippen molar-refractivity contribution in [2.24, 2.45) is 0 Å². The van der Waals surface area contributed by atoms with Crippen LogP contribution in [-0.2, 0) is 16.6 Å². The largest absolute Gasteiger partial charge is 0.481 e. The number of aromatic nitrogens is 1. The summed E-state index contributed by atoms with van der Waals surface area (Å²) in [4.78, 5) is 3.40. The molecule has 0 amide bonds. The van der Waals surface area contributed by atoms with E-state index in [0.29, 0.717) is 11.4 Å². The Morgan fingerprint density at radius 3 is 2.67 bits per heavy atom. The van der Waals surface area contributed by atoms with Gasteiger partial charge in [-0.2, -0.15) is 0 Å². The van der Waals surface area contributed by atoms with Gasteiger partial charge in [0, 0.05) is 18.8 Å². The van der Waals surface area contributed by atoms with Crippen LogP contribution in [0.5, 0.6) is 5.88 Å². The van der Waals surface area contributed by atoms with Crippen molar-refractivity contribution in [1.82, 2.24) is 9.71 Å². The van der Waals surface area contributed by atoms with Crippen molar-refractivity contribution in [2.45, 2.75) is 11.4 Å². The molecule has 0 bridgehead atoms. The van der Waals surface area contributed by atoms with Gasteiger partial charge < -0.3 is 10.5 Å². The molecule has 112 valence electrons. The van der Waals surface area contributed by atoms with Gasteiger partial charge in [-0.1, -0.05) is 12.1 Å². The van der Waals surface area contributed by atoms with E-state index in [1.807, 2.05) is 0 Å². The Morgan fingerprint density at radius 2 is 2.10 bits per heavy atom. The van der Waals surface area contributed by atoms with Gasteiger partial charge in [0.2, 0.25) is 15.9 Å². The Kier molecular flexibility index (Phi) is 4.39. The van der Waals surface area contributed by atoms with Crippen LogP contribution in [0.4, 0.5) is 10.1 Å². The lowest BCUT2D eigenvalue weighted by atomic mass is 10.3. The van der Waals surface area contributed by atoms with Crippen LogP contribution in [0.15, 0.2) is 41.4 Å². The van der Waals surface area contributed by atoms with E-state index in [2.05, 4.69) is 9.71 Å². The number of anilines is 1. The van der Waals surface area contributed by atoms with Crippen molar-refractivity contribution in [2.75, 3.05) is 12.8 Å². The zero-order valence-electron chi connectivity index (χ0n) is 11.2. The molecule has 0 unspecified atom stereocenters. The Balaban J connectivity index is 2.18. The van der Waals surface area contributed by atoms with Crippen molar-refractivity contribution in [1.29, 1.82) is 0 Å². The van der Waals surface area contributed by atoms with Crippen molar-refractivity contribution in [3.63, 3.8) is 0 Å². The minimum absolute atomic E-state index is 0.0346. The summed E-state index contributed by atoms with van der Waals surface area (Å²) in [5, 5.41) is 0. The first-order chi connectivity index (χ1) is 9.94. The van der Waals surface area contributed by atoms with Crippen molar-refractivity contribution >= 4 is 15.7 Å². The predicted molar refractivity (Wildman–Crippen MR) is 75.6 cm³/mol. The number of hydrogen-bond acceptors (Lipinski definition) is 5. The summed E-state index contributed by atoms with van der Waals surface area (Å²) in [5.41, 5.74) is 5.99. The molecule has 3 N–H and O–H groups in total. The molecular formula is C13H14FN3O3S. The van der Waals surface area contributed by atoms with E-state index >= 15 is 0 Å². The standard InChI is InChI=1S/C13H14FN3O3S/c1-20-12-6-5-9(7-16-12)8-17-21(18,19)13-10(14)3-2-4-11(13)15/h2-7,17H,8,15H2,1H3. The maximum absolute atomic E-state index is 13.6. The third-order valence-electron chi connectivity index (χ3n) is 2.74. The number of nitrogen functional groups attached to an aromatic ring is 1. The third kappa shape index (κ3) is 3.47. The number of methoxy groups -OCH3 is 1. The molecule has 2 aromatic rings. The smallest absolute Gasteiger partial charge is 0.245 e. The van der Waals surface area contributed by atoms with Gasteiger partial charge in [-0.25, -0.2) is 22.5 Å². The molecule has 2 rings (SSSR count). The number of rotatable bonds is 5. The van der Waals surface area contributed by atoms with Gasteiger partial charge in [-0.3, -0.25) is 0 Å². The SMILES string of the molecule is COc1ccc(CNS(=O)(=O)c2c(N)cccc2F)cn1. The van der Waals surface area contributed by atoms with E-state index in [9.17, 15) is 12.8 Å². The summed E-state index contributed by atoms with van der Waals surface area (Å²) in [7, 11) is -2.57. The molecule has 1 aromatic heterocycles. The number of nitrogens with one attached hydrogen (secondary N) is 1. The van der Waals surface area contributed by atoms with Crippen molar-refractivity contribution in [3.05, 3.63) is 47.9 Å². The zero-order valence-corrected chi connectivity index (χ0v) is 12.0. The molecule has 0 aliphatic heterocycles. The predicted octanol–water partition coefficient (Wildman–Crippen LogP) is 1.29. The maximum Gasteiger partial charge on any atom is 0.245 e. The summed E-state index contributed by atoms with van der Waals surface area (Å²) in [6.07, 6.45) is 1.46. The van der Waals surface area contributed by atoms with Crippen LogP contribution in [0.25, 0.3) is 0 Å². The van der Waals surface area contributed by atoms with Crippen LogP contribution in [0, 0.1) is 5.82 Å². The fraction of sp³-hybridized carbons (Fsp3) is 0.154. The lowest BCUT2D eigenvalue weighted by Crippen LogP contribution is -2.25. The molecule has 1 aromatic carbocycles. The van der Waals surface area contributed by atoms with Crippen LogP contribution in [0.3, 0.4) is 0 Å². The van der Waals surface area contributed by atoms with E-state index in [4.69, 9.17) is 10.5 Å². The molecule has 0 spiro atoms. The molecule has 0 radical (unpaired) electrons. The van der Waals surface area contributed by atoms with E-state index in [-0.39, 0.29) is 12.2 Å². The van der Waals surface area contributed by atoms with Gasteiger partial charge >= 0.3 is 0 Å². The molecule has 21 heavy (non-hydrogen) atoms. The number of ether oxygens (including phenoxy) is 1. The zero-order chi connectivity index (χ0) is 15.5. The van der Waals surface area contributed by atoms with Gasteiger partial charge in [-0.05, 0) is 17.7 Å². The van der Waals surface area contributed by atoms with Gasteiger partial charge in [0.25, 0.3) is 0 Å². The molecule has 0 saturated heterocycles. The first kappa shape index (κ1) is 15.2. The van der Waals surface area contributed by atoms with Crippen LogP contribution >= 0.6 is 0 Å². The summed E-state index contributed by atoms with van der Waals surface area (Å²) in [5.74, 6) is -0.477. The average Bonchev–Trinajstić information content (AvgIpc) is 2.45. The van der Waals surface area contributed by atoms with E-state index < -0.39 is 20.7 Å². The number of nitrogens with zero attached hydrogens (tertiary/aromatic N) is 1. The minimum atomic E-state index is -4.04. The quantitative estimate of drug-likeness (QED) is 0.811. The molecule has 0 saturated carbocycles. The number of benzene rings is 1. The Hall–Kier alpha value is -2.19. The summed E-state index contributed by atoms with van der Waals surface area (Å²) < 4.78 is 45.0. The second-order valence-electron chi connectivity index (χ2n) is 4.19. The Morgan fingerprint density at radius 1 is 1.33 bits per heavy atom. The van der Waals surface area contributed by atoms with Gasteiger partial charge in [-0.15, -0.1) is 0 Å². The molecule has 0 aliphatic carbocycles. The van der Waals surface area contributed by atoms with Crippen LogP contribution < -0.4 is 15.2 Å². The monoisotopic (exact) mass is 311 g/mol. The van der Waals surface area contributed by atoms with Crippen molar-refractivity contribution < 1.29 is 17.5 Å². The second-order valence-corrected chi connectivity index (χ2v) is 5.90. The fourth-order valence-corrected chi connectivity index (χ4v) is 2.90. The summed E-state index contributed by atoms with van der Waals surface area (Å²) in [6, 6.07) is 6.96. The number of pyridine rings is 1. The van der Waals surface area contributed by atoms with Crippen molar-refractivity contribution in [3.8, 4) is 5.88 Å².